The van der Waals surface area contributed by atoms with Crippen LogP contribution in [0.4, 0.5) is 0 Å². The lowest BCUT2D eigenvalue weighted by molar-refractivity contribution is 0.208. The smallest absolute Gasteiger partial charge is 0.0843 e. The molecule has 1 atom stereocenters. The van der Waals surface area contributed by atoms with Crippen molar-refractivity contribution in [2.24, 2.45) is 0 Å². The zero-order chi connectivity index (χ0) is 14.7. The number of aliphatic hydroxyl groups is 1. The lowest BCUT2D eigenvalue weighted by atomic mass is 10.1. The van der Waals surface area contributed by atoms with Crippen LogP contribution in [0.25, 0.3) is 10.9 Å². The van der Waals surface area contributed by atoms with Crippen LogP contribution >= 0.6 is 0 Å². The van der Waals surface area contributed by atoms with Crippen molar-refractivity contribution in [2.75, 3.05) is 13.2 Å². The minimum absolute atomic E-state index is 0.303. The number of rotatable bonds is 6. The van der Waals surface area contributed by atoms with Crippen LogP contribution in [0.15, 0.2) is 24.3 Å². The molecule has 0 aliphatic carbocycles. The number of hydrogen-bond acceptors (Lipinski definition) is 3. The third kappa shape index (κ3) is 2.97. The highest BCUT2D eigenvalue weighted by Crippen LogP contribution is 2.26. The molecule has 3 rings (SSSR count). The van der Waals surface area contributed by atoms with Gasteiger partial charge in [-0.15, -0.1) is 0 Å². The number of fused-ring (bicyclic) bond motifs is 1. The molecule has 21 heavy (non-hydrogen) atoms. The summed E-state index contributed by atoms with van der Waals surface area (Å²) >= 11 is 0. The number of nitrogens with zero attached hydrogens (tertiary/aromatic N) is 3. The Morgan fingerprint density at radius 2 is 2.19 bits per heavy atom. The first-order chi connectivity index (χ1) is 10.3. The molecular weight excluding hydrogens is 262 g/mol. The average molecular weight is 287 g/mol. The first-order valence-electron chi connectivity index (χ1n) is 8.12. The van der Waals surface area contributed by atoms with Crippen LogP contribution in [0.5, 0.6) is 0 Å². The molecule has 1 aromatic heterocycles. The van der Waals surface area contributed by atoms with E-state index < -0.39 is 0 Å². The van der Waals surface area contributed by atoms with Crippen molar-refractivity contribution in [1.82, 2.24) is 14.7 Å². The third-order valence-electron chi connectivity index (χ3n) is 4.58. The Balaban J connectivity index is 1.81. The van der Waals surface area contributed by atoms with Gasteiger partial charge in [0.25, 0.3) is 0 Å². The minimum Gasteiger partial charge on any atom is -0.396 e. The van der Waals surface area contributed by atoms with Gasteiger partial charge in [0.05, 0.1) is 11.2 Å². The van der Waals surface area contributed by atoms with Crippen molar-refractivity contribution in [3.8, 4) is 0 Å². The van der Waals surface area contributed by atoms with Gasteiger partial charge in [0.1, 0.15) is 0 Å². The predicted molar refractivity (Wildman–Crippen MR) is 85.2 cm³/mol. The number of likely N-dealkylation sites (tertiary alicyclic amines) is 1. The van der Waals surface area contributed by atoms with E-state index in [4.69, 9.17) is 10.2 Å². The van der Waals surface area contributed by atoms with Crippen molar-refractivity contribution in [1.29, 1.82) is 0 Å². The Kier molecular flexibility index (Phi) is 4.56. The molecule has 0 amide bonds. The van der Waals surface area contributed by atoms with E-state index in [0.29, 0.717) is 12.6 Å². The molecule has 0 spiro atoms. The molecule has 1 N–H and O–H groups in total. The van der Waals surface area contributed by atoms with E-state index in [-0.39, 0.29) is 0 Å². The number of para-hydroxylation sites is 1. The van der Waals surface area contributed by atoms with Crippen LogP contribution in [0, 0.1) is 0 Å². The monoisotopic (exact) mass is 287 g/mol. The molecule has 1 aliphatic rings. The Morgan fingerprint density at radius 3 is 3.00 bits per heavy atom. The molecule has 4 heteroatoms. The van der Waals surface area contributed by atoms with Gasteiger partial charge in [0.2, 0.25) is 0 Å². The van der Waals surface area contributed by atoms with Gasteiger partial charge in [0.15, 0.2) is 0 Å². The highest BCUT2D eigenvalue weighted by atomic mass is 16.2. The molecule has 1 aliphatic heterocycles. The maximum Gasteiger partial charge on any atom is 0.0843 e. The zero-order valence-corrected chi connectivity index (χ0v) is 12.8. The van der Waals surface area contributed by atoms with Crippen molar-refractivity contribution < 1.29 is 5.11 Å². The van der Waals surface area contributed by atoms with Crippen LogP contribution in [0.2, 0.25) is 0 Å². The molecule has 1 fully saturated rings. The molecule has 114 valence electrons. The van der Waals surface area contributed by atoms with Crippen LogP contribution in [-0.4, -0.2) is 39.0 Å². The lowest BCUT2D eigenvalue weighted by Crippen LogP contribution is -2.29. The maximum atomic E-state index is 9.04. The number of aryl methyl sites for hydroxylation is 1. The second kappa shape index (κ2) is 6.58. The zero-order valence-electron chi connectivity index (χ0n) is 12.8. The summed E-state index contributed by atoms with van der Waals surface area (Å²) in [6, 6.07) is 9.13. The van der Waals surface area contributed by atoms with Crippen molar-refractivity contribution in [3.63, 3.8) is 0 Å². The van der Waals surface area contributed by atoms with Gasteiger partial charge in [-0.05, 0) is 45.2 Å². The Morgan fingerprint density at radius 1 is 1.33 bits per heavy atom. The third-order valence-corrected chi connectivity index (χ3v) is 4.58. The fourth-order valence-corrected chi connectivity index (χ4v) is 3.50. The second-order valence-corrected chi connectivity index (χ2v) is 5.91. The van der Waals surface area contributed by atoms with Crippen molar-refractivity contribution in [2.45, 2.75) is 51.7 Å². The van der Waals surface area contributed by atoms with Gasteiger partial charge in [0, 0.05) is 31.1 Å². The second-order valence-electron chi connectivity index (χ2n) is 5.91. The summed E-state index contributed by atoms with van der Waals surface area (Å²) in [4.78, 5) is 2.55. The quantitative estimate of drug-likeness (QED) is 0.888. The summed E-state index contributed by atoms with van der Waals surface area (Å²) in [5.41, 5.74) is 2.43. The molecule has 2 aromatic rings. The molecule has 2 heterocycles. The largest absolute Gasteiger partial charge is 0.396 e. The highest BCUT2D eigenvalue weighted by Gasteiger charge is 2.25. The van der Waals surface area contributed by atoms with Gasteiger partial charge >= 0.3 is 0 Å². The van der Waals surface area contributed by atoms with E-state index in [0.717, 1.165) is 32.5 Å². The van der Waals surface area contributed by atoms with Gasteiger partial charge in [-0.3, -0.25) is 9.58 Å². The van der Waals surface area contributed by atoms with Crippen molar-refractivity contribution >= 4 is 10.9 Å². The summed E-state index contributed by atoms with van der Waals surface area (Å²) in [6.07, 6.45) is 4.53. The van der Waals surface area contributed by atoms with E-state index >= 15 is 0 Å². The Bertz CT molecular complexity index is 593. The van der Waals surface area contributed by atoms with Gasteiger partial charge in [-0.2, -0.15) is 5.10 Å². The van der Waals surface area contributed by atoms with E-state index in [1.807, 2.05) is 0 Å². The lowest BCUT2D eigenvalue weighted by Gasteiger charge is -2.23. The fraction of sp³-hybridized carbons (Fsp3) is 0.588. The fourth-order valence-electron chi connectivity index (χ4n) is 3.50. The van der Waals surface area contributed by atoms with Crippen molar-refractivity contribution in [3.05, 3.63) is 30.0 Å². The molecule has 1 unspecified atom stereocenters. The van der Waals surface area contributed by atoms with Crippen LogP contribution in [-0.2, 0) is 13.1 Å². The van der Waals surface area contributed by atoms with E-state index in [1.165, 1.54) is 29.4 Å². The number of aromatic nitrogens is 2. The average Bonchev–Trinajstić information content (AvgIpc) is 3.10. The van der Waals surface area contributed by atoms with E-state index in [2.05, 4.69) is 40.8 Å². The van der Waals surface area contributed by atoms with Gasteiger partial charge in [-0.1, -0.05) is 18.2 Å². The molecule has 1 aromatic carbocycles. The number of benzene rings is 1. The summed E-state index contributed by atoms with van der Waals surface area (Å²) in [5, 5.41) is 15.1. The molecule has 0 bridgehead atoms. The Labute approximate surface area is 126 Å². The van der Waals surface area contributed by atoms with E-state index in [9.17, 15) is 0 Å². The number of aliphatic hydroxyl groups excluding tert-OH is 1. The first-order valence-corrected chi connectivity index (χ1v) is 8.12. The Hall–Kier alpha value is -1.39. The minimum atomic E-state index is 0.303. The van der Waals surface area contributed by atoms with Crippen LogP contribution in [0.1, 0.15) is 38.3 Å². The maximum absolute atomic E-state index is 9.04. The predicted octanol–water partition coefficient (Wildman–Crippen LogP) is 2.79. The van der Waals surface area contributed by atoms with Gasteiger partial charge in [-0.25, -0.2) is 0 Å². The molecule has 0 radical (unpaired) electrons. The SMILES string of the molecule is CCn1nc(CN2CCCC2CCCO)c2ccccc21. The van der Waals surface area contributed by atoms with E-state index in [1.54, 1.807) is 0 Å². The molecule has 1 saturated heterocycles. The topological polar surface area (TPSA) is 41.3 Å². The highest BCUT2D eigenvalue weighted by molar-refractivity contribution is 5.81. The summed E-state index contributed by atoms with van der Waals surface area (Å²) < 4.78 is 2.10. The standard InChI is InChI=1S/C17H25N3O/c1-2-20-17-10-4-3-9-15(17)16(18-20)13-19-11-5-7-14(19)8-6-12-21/h3-4,9-10,14,21H,2,5-8,11-13H2,1H3. The molecule has 4 nitrogen and oxygen atoms in total. The number of hydrogen-bond donors (Lipinski definition) is 1. The summed E-state index contributed by atoms with van der Waals surface area (Å²) in [6.45, 7) is 5.45. The summed E-state index contributed by atoms with van der Waals surface area (Å²) in [5.74, 6) is 0. The van der Waals surface area contributed by atoms with Crippen LogP contribution in [0.3, 0.4) is 0 Å². The summed E-state index contributed by atoms with van der Waals surface area (Å²) in [7, 11) is 0. The van der Waals surface area contributed by atoms with Crippen LogP contribution < -0.4 is 0 Å². The molecular formula is C17H25N3O. The molecule has 0 saturated carbocycles. The first kappa shape index (κ1) is 14.5. The van der Waals surface area contributed by atoms with Gasteiger partial charge < -0.3 is 5.11 Å². The normalized spacial score (nSPS) is 19.6.